The van der Waals surface area contributed by atoms with Crippen LogP contribution in [-0.2, 0) is 11.8 Å². The predicted molar refractivity (Wildman–Crippen MR) is 129 cm³/mol. The van der Waals surface area contributed by atoms with Crippen molar-refractivity contribution in [2.24, 2.45) is 12.5 Å². The van der Waals surface area contributed by atoms with E-state index in [-0.39, 0.29) is 17.4 Å². The number of hydrogen-bond acceptors (Lipinski definition) is 6. The molecule has 1 aromatic carbocycles. The molecule has 0 saturated carbocycles. The van der Waals surface area contributed by atoms with Gasteiger partial charge in [-0.15, -0.1) is 0 Å². The third kappa shape index (κ3) is 5.71. The number of rotatable bonds is 3. The van der Waals surface area contributed by atoms with Gasteiger partial charge in [-0.3, -0.25) is 9.48 Å². The van der Waals surface area contributed by atoms with Crippen molar-refractivity contribution >= 4 is 34.2 Å². The van der Waals surface area contributed by atoms with Gasteiger partial charge in [-0.25, -0.2) is 14.8 Å². The van der Waals surface area contributed by atoms with E-state index in [4.69, 9.17) is 14.9 Å². The number of halogens is 3. The SMILES string of the molecule is Cc1nn(C)c2cc(C(=O)Nc3cn4cc(C5CC(C)(C)CN5)nc4cn3)ccc12.O=C(O)C(F)(F)F. The molecule has 0 aliphatic carbocycles. The highest BCUT2D eigenvalue weighted by atomic mass is 19.4. The van der Waals surface area contributed by atoms with Crippen molar-refractivity contribution in [3.63, 3.8) is 0 Å². The van der Waals surface area contributed by atoms with E-state index < -0.39 is 12.1 Å². The quantitative estimate of drug-likeness (QED) is 0.377. The molecule has 0 spiro atoms. The Labute approximate surface area is 209 Å². The number of fused-ring (bicyclic) bond motifs is 2. The molecular weight excluding hydrogens is 491 g/mol. The molecule has 1 amide bonds. The summed E-state index contributed by atoms with van der Waals surface area (Å²) in [6, 6.07) is 5.84. The van der Waals surface area contributed by atoms with Crippen molar-refractivity contribution < 1.29 is 27.9 Å². The van der Waals surface area contributed by atoms with Crippen molar-refractivity contribution in [1.82, 2.24) is 29.5 Å². The van der Waals surface area contributed by atoms with Crippen LogP contribution in [0.15, 0.2) is 36.8 Å². The van der Waals surface area contributed by atoms with Gasteiger partial charge < -0.3 is 20.1 Å². The molecule has 1 atom stereocenters. The first-order chi connectivity index (χ1) is 17.2. The number of amides is 1. The minimum Gasteiger partial charge on any atom is -0.475 e. The maximum atomic E-state index is 12.8. The number of aryl methyl sites for hydroxylation is 2. The summed E-state index contributed by atoms with van der Waals surface area (Å²) in [7, 11) is 1.88. The number of nitrogens with zero attached hydrogens (tertiary/aromatic N) is 5. The van der Waals surface area contributed by atoms with E-state index in [1.807, 2.05) is 42.8 Å². The molecule has 1 unspecified atom stereocenters. The lowest BCUT2D eigenvalue weighted by molar-refractivity contribution is -0.192. The molecule has 13 heteroatoms. The zero-order chi connectivity index (χ0) is 27.1. The van der Waals surface area contributed by atoms with Crippen LogP contribution in [0.1, 0.15) is 48.1 Å². The molecule has 0 bridgehead atoms. The van der Waals surface area contributed by atoms with E-state index in [0.717, 1.165) is 40.9 Å². The average Bonchev–Trinajstić information content (AvgIpc) is 3.48. The Morgan fingerprint density at radius 3 is 2.57 bits per heavy atom. The molecule has 3 N–H and O–H groups in total. The zero-order valence-corrected chi connectivity index (χ0v) is 20.6. The second-order valence-electron chi connectivity index (χ2n) is 9.70. The smallest absolute Gasteiger partial charge is 0.475 e. The van der Waals surface area contributed by atoms with Crippen LogP contribution in [-0.4, -0.2) is 53.9 Å². The molecule has 1 saturated heterocycles. The fourth-order valence-electron chi connectivity index (χ4n) is 4.22. The Morgan fingerprint density at radius 1 is 1.24 bits per heavy atom. The van der Waals surface area contributed by atoms with E-state index >= 15 is 0 Å². The molecule has 3 aromatic heterocycles. The first-order valence-corrected chi connectivity index (χ1v) is 11.4. The Balaban J connectivity index is 0.000000405. The van der Waals surface area contributed by atoms with Crippen molar-refractivity contribution in [2.45, 2.75) is 39.4 Å². The van der Waals surface area contributed by atoms with Crippen molar-refractivity contribution in [2.75, 3.05) is 11.9 Å². The number of carboxylic acid groups (broad SMARTS) is 1. The Bertz CT molecular complexity index is 1490. The van der Waals surface area contributed by atoms with Crippen molar-refractivity contribution in [3.8, 4) is 0 Å². The van der Waals surface area contributed by atoms with Gasteiger partial charge in [0.2, 0.25) is 0 Å². The molecular formula is C24H26F3N7O3. The molecule has 1 aliphatic heterocycles. The number of imidazole rings is 1. The van der Waals surface area contributed by atoms with Crippen LogP contribution in [0.3, 0.4) is 0 Å². The number of aromatic nitrogens is 5. The number of carboxylic acids is 1. The van der Waals surface area contributed by atoms with Gasteiger partial charge in [0.25, 0.3) is 5.91 Å². The van der Waals surface area contributed by atoms with Crippen LogP contribution in [0.5, 0.6) is 0 Å². The third-order valence-corrected chi connectivity index (χ3v) is 6.08. The minimum absolute atomic E-state index is 0.206. The van der Waals surface area contributed by atoms with Gasteiger partial charge in [0, 0.05) is 30.7 Å². The van der Waals surface area contributed by atoms with Crippen LogP contribution in [0.25, 0.3) is 16.6 Å². The number of carbonyl (C=O) groups excluding carboxylic acids is 1. The van der Waals surface area contributed by atoms with Crippen LogP contribution >= 0.6 is 0 Å². The van der Waals surface area contributed by atoms with E-state index in [2.05, 4.69) is 34.6 Å². The summed E-state index contributed by atoms with van der Waals surface area (Å²) in [4.78, 5) is 30.8. The number of alkyl halides is 3. The lowest BCUT2D eigenvalue weighted by Crippen LogP contribution is -2.21. The molecule has 4 heterocycles. The van der Waals surface area contributed by atoms with Gasteiger partial charge in [-0.2, -0.15) is 18.3 Å². The largest absolute Gasteiger partial charge is 0.490 e. The van der Waals surface area contributed by atoms with Crippen LogP contribution < -0.4 is 10.6 Å². The second kappa shape index (κ2) is 9.47. The first kappa shape index (κ1) is 26.1. The Hall–Kier alpha value is -4.00. The van der Waals surface area contributed by atoms with E-state index in [0.29, 0.717) is 11.4 Å². The fourth-order valence-corrected chi connectivity index (χ4v) is 4.22. The molecule has 1 fully saturated rings. The van der Waals surface area contributed by atoms with Crippen molar-refractivity contribution in [3.05, 3.63) is 53.7 Å². The fraction of sp³-hybridized carbons (Fsp3) is 0.375. The van der Waals surface area contributed by atoms with E-state index in [9.17, 15) is 18.0 Å². The summed E-state index contributed by atoms with van der Waals surface area (Å²) in [6.45, 7) is 7.46. The third-order valence-electron chi connectivity index (χ3n) is 6.08. The molecule has 4 aromatic rings. The minimum atomic E-state index is -5.08. The van der Waals surface area contributed by atoms with Gasteiger partial charge in [0.1, 0.15) is 5.82 Å². The highest BCUT2D eigenvalue weighted by molar-refractivity contribution is 6.05. The second-order valence-corrected chi connectivity index (χ2v) is 9.70. The molecule has 196 valence electrons. The number of nitrogens with one attached hydrogen (secondary N) is 2. The van der Waals surface area contributed by atoms with Crippen LogP contribution in [0, 0.1) is 12.3 Å². The number of anilines is 1. The summed E-state index contributed by atoms with van der Waals surface area (Å²) in [5, 5.41) is 19.0. The summed E-state index contributed by atoms with van der Waals surface area (Å²) < 4.78 is 35.4. The van der Waals surface area contributed by atoms with Crippen LogP contribution in [0.4, 0.5) is 19.0 Å². The Morgan fingerprint density at radius 2 is 1.95 bits per heavy atom. The van der Waals surface area contributed by atoms with Gasteiger partial charge in [-0.1, -0.05) is 19.9 Å². The maximum Gasteiger partial charge on any atom is 0.490 e. The highest BCUT2D eigenvalue weighted by Gasteiger charge is 2.38. The lowest BCUT2D eigenvalue weighted by atomic mass is 9.90. The number of benzene rings is 1. The van der Waals surface area contributed by atoms with Crippen LogP contribution in [0.2, 0.25) is 0 Å². The number of hydrogen-bond donors (Lipinski definition) is 3. The molecule has 0 radical (unpaired) electrons. The summed E-state index contributed by atoms with van der Waals surface area (Å²) in [5.41, 5.74) is 4.48. The zero-order valence-electron chi connectivity index (χ0n) is 20.6. The summed E-state index contributed by atoms with van der Waals surface area (Å²) in [6.07, 6.45) is 1.46. The van der Waals surface area contributed by atoms with E-state index in [1.165, 1.54) is 0 Å². The normalized spacial score (nSPS) is 17.0. The van der Waals surface area contributed by atoms with Gasteiger partial charge in [-0.05, 0) is 30.9 Å². The van der Waals surface area contributed by atoms with Crippen molar-refractivity contribution in [1.29, 1.82) is 0 Å². The van der Waals surface area contributed by atoms with Gasteiger partial charge in [0.15, 0.2) is 5.65 Å². The standard InChI is InChI=1S/C22H25N7O.C2HF3O2/c1-13-15-6-5-14(7-18(15)28(4)27-13)21(30)26-19-11-29-10-17(25-20(29)9-23-19)16-8-22(2,3)12-24-16;3-2(4,5)1(6)7/h5-7,9-11,16,24H,8,12H2,1-4H3,(H,26,30);(H,6,7). The summed E-state index contributed by atoms with van der Waals surface area (Å²) >= 11 is 0. The molecule has 37 heavy (non-hydrogen) atoms. The topological polar surface area (TPSA) is 126 Å². The molecule has 1 aliphatic rings. The predicted octanol–water partition coefficient (Wildman–Crippen LogP) is 3.87. The lowest BCUT2D eigenvalue weighted by Gasteiger charge is -2.14. The average molecular weight is 518 g/mol. The first-order valence-electron chi connectivity index (χ1n) is 11.4. The molecule has 5 rings (SSSR count). The Kier molecular flexibility index (Phi) is 6.67. The van der Waals surface area contributed by atoms with E-state index in [1.54, 1.807) is 17.1 Å². The summed E-state index contributed by atoms with van der Waals surface area (Å²) in [5.74, 6) is -2.48. The number of carbonyl (C=O) groups is 2. The highest BCUT2D eigenvalue weighted by Crippen LogP contribution is 2.35. The number of aliphatic carboxylic acids is 1. The maximum absolute atomic E-state index is 12.8. The van der Waals surface area contributed by atoms with Gasteiger partial charge in [0.05, 0.1) is 35.3 Å². The molecule has 10 nitrogen and oxygen atoms in total. The monoisotopic (exact) mass is 517 g/mol. The van der Waals surface area contributed by atoms with Gasteiger partial charge >= 0.3 is 12.1 Å².